The molecule has 0 bridgehead atoms. The van der Waals surface area contributed by atoms with Crippen LogP contribution in [-0.4, -0.2) is 32.2 Å². The fourth-order valence-corrected chi connectivity index (χ4v) is 1.74. The lowest BCUT2D eigenvalue weighted by Gasteiger charge is -2.09. The van der Waals surface area contributed by atoms with E-state index in [4.69, 9.17) is 9.47 Å². The zero-order valence-corrected chi connectivity index (χ0v) is 13.0. The minimum atomic E-state index is -0.503. The number of carbonyl (C=O) groups excluding carboxylic acids is 2. The van der Waals surface area contributed by atoms with E-state index in [-0.39, 0.29) is 24.9 Å². The molecule has 0 aliphatic rings. The Hall–Kier alpha value is -3.09. The maximum absolute atomic E-state index is 12.8. The van der Waals surface area contributed by atoms with Crippen LogP contribution >= 0.6 is 0 Å². The largest absolute Gasteiger partial charge is 0.484 e. The Kier molecular flexibility index (Phi) is 6.13. The number of ether oxygens (including phenoxy) is 3. The zero-order valence-electron chi connectivity index (χ0n) is 13.0. The summed E-state index contributed by atoms with van der Waals surface area (Å²) in [5, 5.41) is 2.63. The van der Waals surface area contributed by atoms with Crippen molar-refractivity contribution in [1.29, 1.82) is 0 Å². The molecule has 0 fully saturated rings. The van der Waals surface area contributed by atoms with Crippen molar-refractivity contribution in [3.05, 3.63) is 54.3 Å². The van der Waals surface area contributed by atoms with E-state index in [0.29, 0.717) is 17.2 Å². The third-order valence-corrected chi connectivity index (χ3v) is 2.89. The van der Waals surface area contributed by atoms with Crippen LogP contribution in [0, 0.1) is 5.82 Å². The number of benzene rings is 2. The first-order valence-corrected chi connectivity index (χ1v) is 7.05. The van der Waals surface area contributed by atoms with Crippen molar-refractivity contribution in [3.8, 4) is 11.5 Å². The molecule has 0 saturated carbocycles. The highest BCUT2D eigenvalue weighted by atomic mass is 19.1. The third-order valence-electron chi connectivity index (χ3n) is 2.89. The average molecular weight is 333 g/mol. The number of methoxy groups -OCH3 is 1. The molecule has 1 amide bonds. The normalized spacial score (nSPS) is 9.92. The first-order chi connectivity index (χ1) is 11.6. The van der Waals surface area contributed by atoms with Gasteiger partial charge in [0.25, 0.3) is 5.91 Å². The van der Waals surface area contributed by atoms with Crippen molar-refractivity contribution in [2.75, 3.05) is 25.6 Å². The predicted molar refractivity (Wildman–Crippen MR) is 84.5 cm³/mol. The van der Waals surface area contributed by atoms with Crippen LogP contribution in [0.1, 0.15) is 0 Å². The Labute approximate surface area is 138 Å². The molecule has 6 nitrogen and oxygen atoms in total. The maximum atomic E-state index is 12.8. The van der Waals surface area contributed by atoms with Crippen molar-refractivity contribution in [1.82, 2.24) is 0 Å². The first-order valence-electron chi connectivity index (χ1n) is 7.05. The Morgan fingerprint density at radius 2 is 1.71 bits per heavy atom. The van der Waals surface area contributed by atoms with Gasteiger partial charge < -0.3 is 19.5 Å². The van der Waals surface area contributed by atoms with Gasteiger partial charge in [0.05, 0.1) is 7.11 Å². The van der Waals surface area contributed by atoms with E-state index >= 15 is 0 Å². The summed E-state index contributed by atoms with van der Waals surface area (Å²) in [6.45, 7) is -0.444. The summed E-state index contributed by atoms with van der Waals surface area (Å²) in [6.07, 6.45) is 0. The molecule has 0 heterocycles. The van der Waals surface area contributed by atoms with E-state index in [9.17, 15) is 14.0 Å². The molecule has 0 aliphatic carbocycles. The lowest BCUT2D eigenvalue weighted by atomic mass is 10.3. The Morgan fingerprint density at radius 3 is 2.42 bits per heavy atom. The van der Waals surface area contributed by atoms with Crippen LogP contribution in [0.15, 0.2) is 48.5 Å². The fourth-order valence-electron chi connectivity index (χ4n) is 1.74. The number of carbonyl (C=O) groups is 2. The van der Waals surface area contributed by atoms with Gasteiger partial charge >= 0.3 is 5.97 Å². The van der Waals surface area contributed by atoms with Crippen LogP contribution in [0.4, 0.5) is 10.1 Å². The summed E-state index contributed by atoms with van der Waals surface area (Å²) in [5.74, 6) is -0.462. The molecule has 2 aromatic rings. The van der Waals surface area contributed by atoms with Crippen molar-refractivity contribution in [3.63, 3.8) is 0 Å². The van der Waals surface area contributed by atoms with Gasteiger partial charge in [0.1, 0.15) is 17.3 Å². The Balaban J connectivity index is 1.84. The van der Waals surface area contributed by atoms with Crippen LogP contribution in [0.3, 0.4) is 0 Å². The molecule has 2 rings (SSSR count). The van der Waals surface area contributed by atoms with Crippen molar-refractivity contribution >= 4 is 17.6 Å². The lowest BCUT2D eigenvalue weighted by molar-refractivity contribution is -0.142. The number of amides is 1. The molecule has 24 heavy (non-hydrogen) atoms. The first kappa shape index (κ1) is 17.3. The van der Waals surface area contributed by atoms with Crippen molar-refractivity contribution in [2.45, 2.75) is 0 Å². The molecule has 2 aromatic carbocycles. The summed E-state index contributed by atoms with van der Waals surface area (Å²) >= 11 is 0. The number of halogens is 1. The van der Waals surface area contributed by atoms with Crippen LogP contribution in [0.25, 0.3) is 0 Å². The Bertz CT molecular complexity index is 702. The number of rotatable bonds is 7. The molecule has 1 N–H and O–H groups in total. The summed E-state index contributed by atoms with van der Waals surface area (Å²) < 4.78 is 27.7. The van der Waals surface area contributed by atoms with Gasteiger partial charge in [-0.3, -0.25) is 4.79 Å². The van der Waals surface area contributed by atoms with Crippen LogP contribution in [0.5, 0.6) is 11.5 Å². The molecular formula is C17H16FNO5. The zero-order chi connectivity index (χ0) is 17.4. The number of anilines is 1. The summed E-state index contributed by atoms with van der Waals surface area (Å²) in [5.41, 5.74) is 0.491. The number of esters is 1. The van der Waals surface area contributed by atoms with Crippen LogP contribution in [0.2, 0.25) is 0 Å². The van der Waals surface area contributed by atoms with Gasteiger partial charge in [-0.25, -0.2) is 9.18 Å². The summed E-state index contributed by atoms with van der Waals surface area (Å²) in [6, 6.07) is 11.9. The van der Waals surface area contributed by atoms with E-state index in [1.54, 1.807) is 24.3 Å². The van der Waals surface area contributed by atoms with Crippen LogP contribution < -0.4 is 14.8 Å². The standard InChI is InChI=1S/C17H16FNO5/c1-22-17(21)11-24-15-4-2-3-13(9-15)19-16(20)10-23-14-7-5-12(18)6-8-14/h2-9H,10-11H2,1H3,(H,19,20). The van der Waals surface area contributed by atoms with Crippen LogP contribution in [-0.2, 0) is 14.3 Å². The van der Waals surface area contributed by atoms with E-state index < -0.39 is 5.97 Å². The van der Waals surface area contributed by atoms with E-state index in [2.05, 4.69) is 10.1 Å². The number of hydrogen-bond donors (Lipinski definition) is 1. The van der Waals surface area contributed by atoms with Gasteiger partial charge in [0.2, 0.25) is 0 Å². The van der Waals surface area contributed by atoms with Gasteiger partial charge in [0, 0.05) is 11.8 Å². The number of hydrogen-bond acceptors (Lipinski definition) is 5. The highest BCUT2D eigenvalue weighted by molar-refractivity contribution is 5.92. The summed E-state index contributed by atoms with van der Waals surface area (Å²) in [4.78, 5) is 22.9. The SMILES string of the molecule is COC(=O)COc1cccc(NC(=O)COc2ccc(F)cc2)c1. The molecule has 126 valence electrons. The highest BCUT2D eigenvalue weighted by Crippen LogP contribution is 2.17. The molecular weight excluding hydrogens is 317 g/mol. The molecule has 7 heteroatoms. The van der Waals surface area contributed by atoms with Gasteiger partial charge in [-0.15, -0.1) is 0 Å². The van der Waals surface area contributed by atoms with Gasteiger partial charge in [-0.2, -0.15) is 0 Å². The Morgan fingerprint density at radius 1 is 1.00 bits per heavy atom. The second-order valence-electron chi connectivity index (χ2n) is 4.68. The molecule has 0 radical (unpaired) electrons. The summed E-state index contributed by atoms with van der Waals surface area (Å²) in [7, 11) is 1.27. The average Bonchev–Trinajstić information content (AvgIpc) is 2.59. The molecule has 0 atom stereocenters. The maximum Gasteiger partial charge on any atom is 0.343 e. The van der Waals surface area contributed by atoms with Crippen molar-refractivity contribution in [2.24, 2.45) is 0 Å². The monoisotopic (exact) mass is 333 g/mol. The molecule has 0 unspecified atom stereocenters. The molecule has 0 spiro atoms. The van der Waals surface area contributed by atoms with E-state index in [1.165, 1.54) is 31.4 Å². The van der Waals surface area contributed by atoms with Gasteiger partial charge in [-0.05, 0) is 36.4 Å². The van der Waals surface area contributed by atoms with Gasteiger partial charge in [-0.1, -0.05) is 6.07 Å². The van der Waals surface area contributed by atoms with Crippen molar-refractivity contribution < 1.29 is 28.2 Å². The predicted octanol–water partition coefficient (Wildman–Crippen LogP) is 2.40. The van der Waals surface area contributed by atoms with E-state index in [0.717, 1.165) is 0 Å². The molecule has 0 aliphatic heterocycles. The second-order valence-corrected chi connectivity index (χ2v) is 4.68. The molecule has 0 aromatic heterocycles. The minimum Gasteiger partial charge on any atom is -0.484 e. The van der Waals surface area contributed by atoms with E-state index in [1.807, 2.05) is 0 Å². The number of nitrogens with one attached hydrogen (secondary N) is 1. The topological polar surface area (TPSA) is 73.9 Å². The smallest absolute Gasteiger partial charge is 0.343 e. The third kappa shape index (κ3) is 5.60. The highest BCUT2D eigenvalue weighted by Gasteiger charge is 2.06. The quantitative estimate of drug-likeness (QED) is 0.788. The fraction of sp³-hybridized carbons (Fsp3) is 0.176. The molecule has 0 saturated heterocycles. The second kappa shape index (κ2) is 8.52. The van der Waals surface area contributed by atoms with Gasteiger partial charge in [0.15, 0.2) is 13.2 Å². The minimum absolute atomic E-state index is 0.221. The lowest BCUT2D eigenvalue weighted by Crippen LogP contribution is -2.20.